The molecule has 1 aliphatic heterocycles. The predicted molar refractivity (Wildman–Crippen MR) is 74.5 cm³/mol. The highest BCUT2D eigenvalue weighted by atomic mass is 16.2. The Hall–Kier alpha value is -1.06. The van der Waals surface area contributed by atoms with Crippen LogP contribution >= 0.6 is 0 Å². The molecule has 3 unspecified atom stereocenters. The van der Waals surface area contributed by atoms with E-state index in [1.807, 2.05) is 6.92 Å². The molecule has 0 aromatic heterocycles. The van der Waals surface area contributed by atoms with Crippen molar-refractivity contribution in [3.63, 3.8) is 0 Å². The number of hydrogen-bond donors (Lipinski definition) is 1. The molecule has 2 fully saturated rings. The van der Waals surface area contributed by atoms with E-state index in [0.717, 1.165) is 24.8 Å². The highest BCUT2D eigenvalue weighted by Gasteiger charge is 2.33. The average molecular weight is 266 g/mol. The zero-order valence-electron chi connectivity index (χ0n) is 12.2. The van der Waals surface area contributed by atoms with Crippen LogP contribution in [0.3, 0.4) is 0 Å². The zero-order chi connectivity index (χ0) is 13.8. The van der Waals surface area contributed by atoms with Crippen LogP contribution in [-0.2, 0) is 9.59 Å². The van der Waals surface area contributed by atoms with Crippen LogP contribution in [0, 0.1) is 11.8 Å². The Morgan fingerprint density at radius 2 is 2.11 bits per heavy atom. The molecule has 2 rings (SSSR count). The van der Waals surface area contributed by atoms with E-state index in [9.17, 15) is 9.59 Å². The summed E-state index contributed by atoms with van der Waals surface area (Å²) in [4.78, 5) is 25.5. The summed E-state index contributed by atoms with van der Waals surface area (Å²) in [5.74, 6) is 1.65. The van der Waals surface area contributed by atoms with Crippen molar-refractivity contribution >= 4 is 11.8 Å². The van der Waals surface area contributed by atoms with Crippen molar-refractivity contribution in [3.8, 4) is 0 Å². The molecule has 1 saturated carbocycles. The molecule has 2 aliphatic rings. The molecule has 1 aliphatic carbocycles. The molecular weight excluding hydrogens is 240 g/mol. The summed E-state index contributed by atoms with van der Waals surface area (Å²) in [5.41, 5.74) is 0. The molecule has 1 saturated heterocycles. The summed E-state index contributed by atoms with van der Waals surface area (Å²) >= 11 is 0. The Labute approximate surface area is 115 Å². The van der Waals surface area contributed by atoms with Crippen molar-refractivity contribution in [2.75, 3.05) is 13.1 Å². The van der Waals surface area contributed by atoms with Crippen molar-refractivity contribution in [1.29, 1.82) is 0 Å². The standard InChI is InChI=1S/C15H26N2O2/c1-3-13-15(19)16-10-14(18)17(13)8-7-12-6-4-5-11(2)9-12/h11-13H,3-10H2,1-2H3,(H,16,19). The van der Waals surface area contributed by atoms with Crippen LogP contribution in [0.5, 0.6) is 0 Å². The maximum absolute atomic E-state index is 12.0. The van der Waals surface area contributed by atoms with Crippen LogP contribution < -0.4 is 5.32 Å². The minimum Gasteiger partial charge on any atom is -0.345 e. The normalized spacial score (nSPS) is 32.3. The average Bonchev–Trinajstić information content (AvgIpc) is 2.39. The van der Waals surface area contributed by atoms with Gasteiger partial charge in [0.1, 0.15) is 6.04 Å². The minimum absolute atomic E-state index is 0.0131. The number of piperazine rings is 1. The van der Waals surface area contributed by atoms with E-state index in [0.29, 0.717) is 6.42 Å². The van der Waals surface area contributed by atoms with Crippen molar-refractivity contribution in [1.82, 2.24) is 10.2 Å². The Bertz CT molecular complexity index is 343. The fourth-order valence-corrected chi connectivity index (χ4v) is 3.53. The Morgan fingerprint density at radius 3 is 2.79 bits per heavy atom. The summed E-state index contributed by atoms with van der Waals surface area (Å²) < 4.78 is 0. The molecule has 0 spiro atoms. The maximum Gasteiger partial charge on any atom is 0.243 e. The second-order valence-corrected chi connectivity index (χ2v) is 6.16. The zero-order valence-corrected chi connectivity index (χ0v) is 12.2. The van der Waals surface area contributed by atoms with Gasteiger partial charge >= 0.3 is 0 Å². The van der Waals surface area contributed by atoms with Crippen molar-refractivity contribution < 1.29 is 9.59 Å². The van der Waals surface area contributed by atoms with E-state index in [2.05, 4.69) is 12.2 Å². The van der Waals surface area contributed by atoms with Crippen LogP contribution in [0.1, 0.15) is 52.4 Å². The summed E-state index contributed by atoms with van der Waals surface area (Å²) in [6.07, 6.45) is 7.00. The summed E-state index contributed by atoms with van der Waals surface area (Å²) in [6, 6.07) is -0.248. The van der Waals surface area contributed by atoms with Gasteiger partial charge in [0.25, 0.3) is 0 Å². The maximum atomic E-state index is 12.0. The van der Waals surface area contributed by atoms with E-state index in [4.69, 9.17) is 0 Å². The quantitative estimate of drug-likeness (QED) is 0.845. The molecule has 0 aromatic carbocycles. The summed E-state index contributed by atoms with van der Waals surface area (Å²) in [6.45, 7) is 5.22. The number of nitrogens with zero attached hydrogens (tertiary/aromatic N) is 1. The molecule has 2 amide bonds. The lowest BCUT2D eigenvalue weighted by molar-refractivity contribution is -0.145. The molecule has 1 N–H and O–H groups in total. The molecule has 3 atom stereocenters. The van der Waals surface area contributed by atoms with E-state index < -0.39 is 0 Å². The van der Waals surface area contributed by atoms with Gasteiger partial charge in [-0.05, 0) is 31.1 Å². The fraction of sp³-hybridized carbons (Fsp3) is 0.867. The van der Waals surface area contributed by atoms with Gasteiger partial charge in [-0.3, -0.25) is 9.59 Å². The summed E-state index contributed by atoms with van der Waals surface area (Å²) in [7, 11) is 0. The molecule has 19 heavy (non-hydrogen) atoms. The monoisotopic (exact) mass is 266 g/mol. The van der Waals surface area contributed by atoms with Crippen LogP contribution in [-0.4, -0.2) is 35.8 Å². The first kappa shape index (κ1) is 14.4. The van der Waals surface area contributed by atoms with Crippen molar-refractivity contribution in [3.05, 3.63) is 0 Å². The lowest BCUT2D eigenvalue weighted by Gasteiger charge is -2.36. The molecule has 4 nitrogen and oxygen atoms in total. The smallest absolute Gasteiger partial charge is 0.243 e. The highest BCUT2D eigenvalue weighted by molar-refractivity contribution is 5.94. The number of hydrogen-bond acceptors (Lipinski definition) is 2. The SMILES string of the molecule is CCC1C(=O)NCC(=O)N1CCC1CCCC(C)C1. The Morgan fingerprint density at radius 1 is 1.32 bits per heavy atom. The van der Waals surface area contributed by atoms with Gasteiger partial charge in [0.2, 0.25) is 11.8 Å². The highest BCUT2D eigenvalue weighted by Crippen LogP contribution is 2.31. The molecule has 108 valence electrons. The largest absolute Gasteiger partial charge is 0.345 e. The number of carbonyl (C=O) groups is 2. The third-order valence-corrected chi connectivity index (χ3v) is 4.62. The van der Waals surface area contributed by atoms with Crippen LogP contribution in [0.15, 0.2) is 0 Å². The van der Waals surface area contributed by atoms with Gasteiger partial charge in [-0.2, -0.15) is 0 Å². The van der Waals surface area contributed by atoms with Crippen LogP contribution in [0.2, 0.25) is 0 Å². The topological polar surface area (TPSA) is 49.4 Å². The third-order valence-electron chi connectivity index (χ3n) is 4.62. The van der Waals surface area contributed by atoms with Gasteiger partial charge < -0.3 is 10.2 Å². The van der Waals surface area contributed by atoms with Gasteiger partial charge in [-0.1, -0.05) is 33.1 Å². The molecule has 0 bridgehead atoms. The van der Waals surface area contributed by atoms with Gasteiger partial charge in [0, 0.05) is 6.54 Å². The number of amides is 2. The van der Waals surface area contributed by atoms with E-state index in [1.165, 1.54) is 25.7 Å². The first-order valence-corrected chi connectivity index (χ1v) is 7.69. The summed E-state index contributed by atoms with van der Waals surface area (Å²) in [5, 5.41) is 2.68. The lowest BCUT2D eigenvalue weighted by Crippen LogP contribution is -2.58. The Kier molecular flexibility index (Phi) is 4.83. The predicted octanol–water partition coefficient (Wildman–Crippen LogP) is 1.94. The van der Waals surface area contributed by atoms with Gasteiger partial charge in [-0.15, -0.1) is 0 Å². The molecular formula is C15H26N2O2. The number of carbonyl (C=O) groups excluding carboxylic acids is 2. The first-order valence-electron chi connectivity index (χ1n) is 7.69. The molecule has 4 heteroatoms. The molecule has 0 aromatic rings. The van der Waals surface area contributed by atoms with E-state index in [1.54, 1.807) is 4.90 Å². The van der Waals surface area contributed by atoms with Gasteiger partial charge in [0.05, 0.1) is 6.54 Å². The minimum atomic E-state index is -0.248. The lowest BCUT2D eigenvalue weighted by atomic mass is 9.81. The fourth-order valence-electron chi connectivity index (χ4n) is 3.53. The van der Waals surface area contributed by atoms with Crippen molar-refractivity contribution in [2.24, 2.45) is 11.8 Å². The third kappa shape index (κ3) is 3.48. The first-order chi connectivity index (χ1) is 9.11. The number of nitrogens with one attached hydrogen (secondary N) is 1. The van der Waals surface area contributed by atoms with E-state index >= 15 is 0 Å². The van der Waals surface area contributed by atoms with Crippen molar-refractivity contribution in [2.45, 2.75) is 58.4 Å². The second kappa shape index (κ2) is 6.40. The van der Waals surface area contributed by atoms with Crippen LogP contribution in [0.4, 0.5) is 0 Å². The number of rotatable bonds is 4. The van der Waals surface area contributed by atoms with E-state index in [-0.39, 0.29) is 24.4 Å². The Balaban J connectivity index is 1.88. The van der Waals surface area contributed by atoms with Crippen LogP contribution in [0.25, 0.3) is 0 Å². The van der Waals surface area contributed by atoms with Gasteiger partial charge in [0.15, 0.2) is 0 Å². The second-order valence-electron chi connectivity index (χ2n) is 6.16. The molecule has 0 radical (unpaired) electrons. The molecule has 1 heterocycles. The van der Waals surface area contributed by atoms with Gasteiger partial charge in [-0.25, -0.2) is 0 Å².